The Kier molecular flexibility index (Phi) is 10.1. The number of rotatable bonds is 6. The fourth-order valence-electron chi connectivity index (χ4n) is 0.721. The van der Waals surface area contributed by atoms with Crippen LogP contribution in [0.25, 0.3) is 5.73 Å². The van der Waals surface area contributed by atoms with Crippen LogP contribution in [0, 0.1) is 6.42 Å². The number of hydrogen-bond acceptors (Lipinski definition) is 2. The Bertz CT molecular complexity index is 190. The van der Waals surface area contributed by atoms with Crippen LogP contribution in [0.1, 0.15) is 19.8 Å². The summed E-state index contributed by atoms with van der Waals surface area (Å²) in [6.45, 7) is 2.08. The second-order valence-corrected chi connectivity index (χ2v) is 2.78. The minimum Gasteiger partial charge on any atom is -0.671 e. The maximum Gasteiger partial charge on any atom is 2.00 e. The molecule has 79 valence electrons. The molecule has 0 aromatic rings. The van der Waals surface area contributed by atoms with Gasteiger partial charge in [-0.25, -0.2) is 0 Å². The molecule has 1 atom stereocenters. The topological polar surface area (TPSA) is 105 Å². The number of aliphatic imine (C=N–C) groups is 1. The van der Waals surface area contributed by atoms with Gasteiger partial charge in [-0.15, -0.1) is 6.04 Å². The SMILES string of the molecule is CC([NH-])C(=O)[CH-]CCCN=C(N)N.[V+2]. The molecule has 0 saturated carbocycles. The van der Waals surface area contributed by atoms with E-state index in [2.05, 4.69) is 4.99 Å². The molecule has 0 aliphatic carbocycles. The Morgan fingerprint density at radius 2 is 2.14 bits per heavy atom. The number of nitrogens with one attached hydrogen (secondary N) is 1. The number of nitrogens with zero attached hydrogens (tertiary/aromatic N) is 1. The van der Waals surface area contributed by atoms with E-state index in [1.165, 1.54) is 6.42 Å². The number of carbonyl (C=O) groups excluding carboxylic acids is 1. The molecule has 0 spiro atoms. The third kappa shape index (κ3) is 9.44. The normalized spacial score (nSPS) is 11.0. The molecule has 5 nitrogen and oxygen atoms in total. The van der Waals surface area contributed by atoms with Gasteiger partial charge in [-0.2, -0.15) is 6.42 Å². The van der Waals surface area contributed by atoms with Crippen molar-refractivity contribution >= 4 is 11.7 Å². The van der Waals surface area contributed by atoms with Crippen LogP contribution in [0.15, 0.2) is 4.99 Å². The zero-order chi connectivity index (χ0) is 10.3. The van der Waals surface area contributed by atoms with Gasteiger partial charge in [-0.05, 0) is 5.78 Å². The molecule has 14 heavy (non-hydrogen) atoms. The molecular formula is C8H16N4OV. The third-order valence-corrected chi connectivity index (χ3v) is 1.43. The van der Waals surface area contributed by atoms with Gasteiger partial charge in [0.15, 0.2) is 5.96 Å². The first-order chi connectivity index (χ1) is 6.04. The first-order valence-electron chi connectivity index (χ1n) is 4.17. The zero-order valence-electron chi connectivity index (χ0n) is 8.23. The minimum absolute atomic E-state index is 0. The van der Waals surface area contributed by atoms with Gasteiger partial charge in [0.05, 0.1) is 0 Å². The fourth-order valence-corrected chi connectivity index (χ4v) is 0.721. The summed E-state index contributed by atoms with van der Waals surface area (Å²) in [7, 11) is 0. The molecule has 0 aromatic heterocycles. The quantitative estimate of drug-likeness (QED) is 0.298. The Hall–Kier alpha value is -0.646. The van der Waals surface area contributed by atoms with E-state index < -0.39 is 6.04 Å². The van der Waals surface area contributed by atoms with E-state index in [-0.39, 0.29) is 30.3 Å². The number of Topliss-reactive ketones (excluding diaryl/α,β-unsaturated/α-hetero) is 1. The average molecular weight is 235 g/mol. The van der Waals surface area contributed by atoms with Gasteiger partial charge in [-0.1, -0.05) is 13.3 Å². The van der Waals surface area contributed by atoms with Crippen molar-refractivity contribution in [2.45, 2.75) is 25.8 Å². The molecule has 0 aromatic carbocycles. The Labute approximate surface area is 96.4 Å². The van der Waals surface area contributed by atoms with Gasteiger partial charge in [0, 0.05) is 6.54 Å². The van der Waals surface area contributed by atoms with E-state index in [0.29, 0.717) is 13.0 Å². The molecule has 1 radical (unpaired) electrons. The van der Waals surface area contributed by atoms with Crippen LogP contribution in [0.2, 0.25) is 0 Å². The van der Waals surface area contributed by atoms with Crippen LogP contribution in [0.5, 0.6) is 0 Å². The van der Waals surface area contributed by atoms with E-state index in [0.717, 1.165) is 6.42 Å². The first kappa shape index (κ1) is 15.8. The summed E-state index contributed by atoms with van der Waals surface area (Å²) in [4.78, 5) is 14.7. The van der Waals surface area contributed by atoms with Crippen LogP contribution < -0.4 is 11.5 Å². The van der Waals surface area contributed by atoms with E-state index in [9.17, 15) is 4.79 Å². The summed E-state index contributed by atoms with van der Waals surface area (Å²) in [5, 5.41) is 0. The van der Waals surface area contributed by atoms with Gasteiger partial charge in [0.25, 0.3) is 0 Å². The van der Waals surface area contributed by atoms with E-state index in [4.69, 9.17) is 17.2 Å². The minimum atomic E-state index is -0.664. The summed E-state index contributed by atoms with van der Waals surface area (Å²) in [6.07, 6.45) is 2.87. The van der Waals surface area contributed by atoms with Crippen molar-refractivity contribution in [3.8, 4) is 0 Å². The van der Waals surface area contributed by atoms with Crippen LogP contribution in [0.4, 0.5) is 0 Å². The van der Waals surface area contributed by atoms with Crippen molar-refractivity contribution in [1.29, 1.82) is 0 Å². The van der Waals surface area contributed by atoms with E-state index in [1.807, 2.05) is 0 Å². The van der Waals surface area contributed by atoms with Crippen LogP contribution in [-0.2, 0) is 23.4 Å². The van der Waals surface area contributed by atoms with Crippen LogP contribution in [-0.4, -0.2) is 24.3 Å². The van der Waals surface area contributed by atoms with Crippen molar-refractivity contribution < 1.29 is 23.4 Å². The standard InChI is InChI=1S/C8H16N4O.V/c1-6(9)7(13)4-2-3-5-12-8(10)11;/h4,6,9H,2-3,5H2,1H3,(H4,10,11,12);/q-2;+2. The number of unbranched alkanes of at least 4 members (excludes halogenated alkanes) is 1. The van der Waals surface area contributed by atoms with Crippen molar-refractivity contribution in [1.82, 2.24) is 0 Å². The molecule has 0 amide bonds. The second-order valence-electron chi connectivity index (χ2n) is 2.78. The molecule has 0 rings (SSSR count). The van der Waals surface area contributed by atoms with Crippen molar-refractivity contribution in [3.05, 3.63) is 12.2 Å². The van der Waals surface area contributed by atoms with Gasteiger partial charge >= 0.3 is 18.6 Å². The third-order valence-electron chi connectivity index (χ3n) is 1.43. The monoisotopic (exact) mass is 235 g/mol. The van der Waals surface area contributed by atoms with Crippen LogP contribution in [0.3, 0.4) is 0 Å². The van der Waals surface area contributed by atoms with Crippen molar-refractivity contribution in [2.75, 3.05) is 6.54 Å². The maximum atomic E-state index is 10.9. The Morgan fingerprint density at radius 1 is 1.57 bits per heavy atom. The molecular weight excluding hydrogens is 219 g/mol. The predicted molar refractivity (Wildman–Crippen MR) is 53.0 cm³/mol. The first-order valence-corrected chi connectivity index (χ1v) is 4.17. The smallest absolute Gasteiger partial charge is 0.671 e. The molecule has 0 saturated heterocycles. The predicted octanol–water partition coefficient (Wildman–Crippen LogP) is 0.252. The van der Waals surface area contributed by atoms with E-state index >= 15 is 0 Å². The number of guanidine groups is 1. The molecule has 0 fully saturated rings. The van der Waals surface area contributed by atoms with Gasteiger partial charge < -0.3 is 28.4 Å². The maximum absolute atomic E-state index is 10.9. The number of ketones is 1. The van der Waals surface area contributed by atoms with Gasteiger partial charge in [0.1, 0.15) is 0 Å². The largest absolute Gasteiger partial charge is 2.00 e. The molecule has 1 unspecified atom stereocenters. The summed E-state index contributed by atoms with van der Waals surface area (Å²) in [5.74, 6) is -0.0788. The fraction of sp³-hybridized carbons (Fsp3) is 0.625. The van der Waals surface area contributed by atoms with E-state index in [1.54, 1.807) is 6.92 Å². The molecule has 0 aliphatic heterocycles. The average Bonchev–Trinajstić information content (AvgIpc) is 2.02. The summed E-state index contributed by atoms with van der Waals surface area (Å²) in [6, 6.07) is -0.664. The number of hydrogen-bond donors (Lipinski definition) is 2. The van der Waals surface area contributed by atoms with Crippen molar-refractivity contribution in [3.63, 3.8) is 0 Å². The Morgan fingerprint density at radius 3 is 2.57 bits per heavy atom. The molecule has 0 heterocycles. The molecule has 5 N–H and O–H groups in total. The Balaban J connectivity index is 0. The summed E-state index contributed by atoms with van der Waals surface area (Å²) < 4.78 is 0. The zero-order valence-corrected chi connectivity index (χ0v) is 9.63. The van der Waals surface area contributed by atoms with Crippen molar-refractivity contribution in [2.24, 2.45) is 16.5 Å². The molecule has 0 bridgehead atoms. The molecule has 6 heteroatoms. The van der Waals surface area contributed by atoms with Gasteiger partial charge in [0.2, 0.25) is 0 Å². The number of carbonyl (C=O) groups is 1. The van der Waals surface area contributed by atoms with Gasteiger partial charge in [-0.3, -0.25) is 4.99 Å². The summed E-state index contributed by atoms with van der Waals surface area (Å²) in [5.41, 5.74) is 17.3. The molecule has 0 aliphatic rings. The van der Waals surface area contributed by atoms with Crippen LogP contribution >= 0.6 is 0 Å². The number of nitrogens with two attached hydrogens (primary N) is 2. The second kappa shape index (κ2) is 8.93. The summed E-state index contributed by atoms with van der Waals surface area (Å²) >= 11 is 0.